The van der Waals surface area contributed by atoms with Crippen molar-refractivity contribution in [2.24, 2.45) is 5.73 Å². The Hall–Kier alpha value is -0.130. The molecular formula is C11H22N2O2S. The van der Waals surface area contributed by atoms with Crippen LogP contribution in [0.25, 0.3) is 0 Å². The Morgan fingerprint density at radius 1 is 1.06 bits per heavy atom. The van der Waals surface area contributed by atoms with Gasteiger partial charge in [0.05, 0.1) is 11.5 Å². The predicted octanol–water partition coefficient (Wildman–Crippen LogP) is 0.375. The van der Waals surface area contributed by atoms with Crippen LogP contribution in [0, 0.1) is 0 Å². The minimum Gasteiger partial charge on any atom is -0.328 e. The molecule has 0 bridgehead atoms. The highest BCUT2D eigenvalue weighted by atomic mass is 32.2. The number of hydrogen-bond acceptors (Lipinski definition) is 4. The first-order valence-corrected chi connectivity index (χ1v) is 7.98. The van der Waals surface area contributed by atoms with Crippen molar-refractivity contribution in [1.29, 1.82) is 0 Å². The van der Waals surface area contributed by atoms with Crippen molar-refractivity contribution in [3.05, 3.63) is 0 Å². The minimum absolute atomic E-state index is 0.240. The van der Waals surface area contributed by atoms with Gasteiger partial charge in [-0.05, 0) is 39.2 Å². The van der Waals surface area contributed by atoms with Crippen LogP contribution in [0.1, 0.15) is 32.1 Å². The molecule has 94 valence electrons. The van der Waals surface area contributed by atoms with E-state index in [1.807, 2.05) is 0 Å². The summed E-state index contributed by atoms with van der Waals surface area (Å²) in [4.78, 5) is 2.29. The van der Waals surface area contributed by atoms with Crippen molar-refractivity contribution >= 4 is 9.84 Å². The SMILES string of the molecule is CN(C1CCC(N)CC1)C1CCS(=O)(=O)C1. The second-order valence-corrected chi connectivity index (χ2v) is 7.52. The molecule has 1 saturated heterocycles. The van der Waals surface area contributed by atoms with Crippen molar-refractivity contribution < 1.29 is 8.42 Å². The molecule has 4 nitrogen and oxygen atoms in total. The third-order valence-electron chi connectivity index (χ3n) is 4.10. The Bertz CT molecular complexity index is 334. The van der Waals surface area contributed by atoms with Crippen molar-refractivity contribution in [3.63, 3.8) is 0 Å². The topological polar surface area (TPSA) is 63.4 Å². The number of nitrogens with zero attached hydrogens (tertiary/aromatic N) is 1. The average Bonchev–Trinajstić information content (AvgIpc) is 2.59. The lowest BCUT2D eigenvalue weighted by Crippen LogP contribution is -2.44. The van der Waals surface area contributed by atoms with Crippen molar-refractivity contribution in [2.75, 3.05) is 18.6 Å². The van der Waals surface area contributed by atoms with Crippen molar-refractivity contribution in [2.45, 2.75) is 50.2 Å². The van der Waals surface area contributed by atoms with E-state index in [9.17, 15) is 8.42 Å². The summed E-state index contributed by atoms with van der Waals surface area (Å²) in [6, 6.07) is 1.14. The highest BCUT2D eigenvalue weighted by Gasteiger charge is 2.34. The fraction of sp³-hybridized carbons (Fsp3) is 1.00. The number of nitrogens with two attached hydrogens (primary N) is 1. The van der Waals surface area contributed by atoms with Crippen LogP contribution >= 0.6 is 0 Å². The lowest BCUT2D eigenvalue weighted by molar-refractivity contribution is 0.143. The van der Waals surface area contributed by atoms with Gasteiger partial charge in [0.1, 0.15) is 0 Å². The largest absolute Gasteiger partial charge is 0.328 e. The summed E-state index contributed by atoms with van der Waals surface area (Å²) in [5.41, 5.74) is 5.88. The molecular weight excluding hydrogens is 224 g/mol. The van der Waals surface area contributed by atoms with E-state index >= 15 is 0 Å². The van der Waals surface area contributed by atoms with Crippen LogP contribution in [0.5, 0.6) is 0 Å². The molecule has 1 heterocycles. The van der Waals surface area contributed by atoms with Crippen LogP contribution in [-0.2, 0) is 9.84 Å². The molecule has 2 rings (SSSR count). The summed E-state index contributed by atoms with van der Waals surface area (Å²) in [5, 5.41) is 0. The maximum Gasteiger partial charge on any atom is 0.151 e. The third-order valence-corrected chi connectivity index (χ3v) is 5.85. The summed E-state index contributed by atoms with van der Waals surface area (Å²) in [6.07, 6.45) is 5.20. The molecule has 2 aliphatic rings. The normalized spacial score (nSPS) is 39.1. The van der Waals surface area contributed by atoms with Gasteiger partial charge in [-0.25, -0.2) is 8.42 Å². The summed E-state index contributed by atoms with van der Waals surface area (Å²) >= 11 is 0. The van der Waals surface area contributed by atoms with Crippen LogP contribution < -0.4 is 5.73 Å². The lowest BCUT2D eigenvalue weighted by Gasteiger charge is -2.36. The molecule has 1 unspecified atom stereocenters. The monoisotopic (exact) mass is 246 g/mol. The summed E-state index contributed by atoms with van der Waals surface area (Å²) in [6.45, 7) is 0. The predicted molar refractivity (Wildman–Crippen MR) is 65.1 cm³/mol. The maximum absolute atomic E-state index is 11.4. The molecule has 1 atom stereocenters. The first-order chi connectivity index (χ1) is 7.48. The zero-order valence-corrected chi connectivity index (χ0v) is 10.7. The van der Waals surface area contributed by atoms with Crippen molar-refractivity contribution in [1.82, 2.24) is 4.90 Å². The van der Waals surface area contributed by atoms with Gasteiger partial charge in [-0.1, -0.05) is 0 Å². The van der Waals surface area contributed by atoms with E-state index in [1.54, 1.807) is 0 Å². The molecule has 2 fully saturated rings. The van der Waals surface area contributed by atoms with E-state index in [-0.39, 0.29) is 6.04 Å². The summed E-state index contributed by atoms with van der Waals surface area (Å²) in [7, 11) is -0.680. The van der Waals surface area contributed by atoms with Crippen LogP contribution in [0.3, 0.4) is 0 Å². The molecule has 0 aromatic rings. The van der Waals surface area contributed by atoms with E-state index < -0.39 is 9.84 Å². The molecule has 0 radical (unpaired) electrons. The molecule has 5 heteroatoms. The smallest absolute Gasteiger partial charge is 0.151 e. The average molecular weight is 246 g/mol. The number of sulfone groups is 1. The second-order valence-electron chi connectivity index (χ2n) is 5.29. The van der Waals surface area contributed by atoms with Crippen LogP contribution in [0.2, 0.25) is 0 Å². The molecule has 0 aromatic heterocycles. The fourth-order valence-electron chi connectivity index (χ4n) is 2.90. The van der Waals surface area contributed by atoms with Gasteiger partial charge in [0.2, 0.25) is 0 Å². The standard InChI is InChI=1S/C11H22N2O2S/c1-13(10-4-2-9(12)3-5-10)11-6-7-16(14,15)8-11/h9-11H,2-8,12H2,1H3. The van der Waals surface area contributed by atoms with Gasteiger partial charge in [0.25, 0.3) is 0 Å². The Morgan fingerprint density at radius 3 is 2.19 bits per heavy atom. The highest BCUT2D eigenvalue weighted by molar-refractivity contribution is 7.91. The van der Waals surface area contributed by atoms with Crippen molar-refractivity contribution in [3.8, 4) is 0 Å². The van der Waals surface area contributed by atoms with Gasteiger partial charge in [-0.2, -0.15) is 0 Å². The van der Waals surface area contributed by atoms with Gasteiger partial charge in [-0.3, -0.25) is 4.90 Å². The number of rotatable bonds is 2. The van der Waals surface area contributed by atoms with Crippen LogP contribution in [0.15, 0.2) is 0 Å². The molecule has 0 spiro atoms. The Kier molecular flexibility index (Phi) is 3.56. The molecule has 1 saturated carbocycles. The van der Waals surface area contributed by atoms with Gasteiger partial charge in [0.15, 0.2) is 9.84 Å². The Balaban J connectivity index is 1.91. The van der Waals surface area contributed by atoms with Gasteiger partial charge < -0.3 is 5.73 Å². The quantitative estimate of drug-likeness (QED) is 0.765. The Morgan fingerprint density at radius 2 is 1.69 bits per heavy atom. The van der Waals surface area contributed by atoms with Gasteiger partial charge >= 0.3 is 0 Å². The van der Waals surface area contributed by atoms with Gasteiger partial charge in [0, 0.05) is 18.1 Å². The zero-order valence-electron chi connectivity index (χ0n) is 9.93. The van der Waals surface area contributed by atoms with Crippen LogP contribution in [-0.4, -0.2) is 50.0 Å². The molecule has 2 N–H and O–H groups in total. The summed E-state index contributed by atoms with van der Waals surface area (Å²) < 4.78 is 22.9. The van der Waals surface area contributed by atoms with E-state index in [2.05, 4.69) is 11.9 Å². The molecule has 0 aromatic carbocycles. The fourth-order valence-corrected chi connectivity index (χ4v) is 4.69. The number of hydrogen-bond donors (Lipinski definition) is 1. The third kappa shape index (κ3) is 2.76. The second kappa shape index (κ2) is 4.63. The van der Waals surface area contributed by atoms with E-state index in [0.29, 0.717) is 23.6 Å². The van der Waals surface area contributed by atoms with Gasteiger partial charge in [-0.15, -0.1) is 0 Å². The van der Waals surface area contributed by atoms with E-state index in [4.69, 9.17) is 5.73 Å². The maximum atomic E-state index is 11.4. The van der Waals surface area contributed by atoms with E-state index in [0.717, 1.165) is 32.1 Å². The zero-order chi connectivity index (χ0) is 11.8. The summed E-state index contributed by atoms with van der Waals surface area (Å²) in [5.74, 6) is 0.723. The molecule has 1 aliphatic heterocycles. The molecule has 0 amide bonds. The van der Waals surface area contributed by atoms with Crippen LogP contribution in [0.4, 0.5) is 0 Å². The molecule has 1 aliphatic carbocycles. The highest BCUT2D eigenvalue weighted by Crippen LogP contribution is 2.26. The lowest BCUT2D eigenvalue weighted by atomic mass is 9.90. The Labute approximate surface area is 98.1 Å². The first-order valence-electron chi connectivity index (χ1n) is 6.16. The minimum atomic E-state index is -2.76. The molecule has 16 heavy (non-hydrogen) atoms. The van der Waals surface area contributed by atoms with E-state index in [1.165, 1.54) is 0 Å². The first kappa shape index (κ1) is 12.3.